The topological polar surface area (TPSA) is 66.4 Å². The quantitative estimate of drug-likeness (QED) is 0.796. The van der Waals surface area contributed by atoms with Crippen molar-refractivity contribution in [3.63, 3.8) is 0 Å². The zero-order valence-corrected chi connectivity index (χ0v) is 15.2. The van der Waals surface area contributed by atoms with Crippen molar-refractivity contribution in [3.05, 3.63) is 35.2 Å². The van der Waals surface area contributed by atoms with Gasteiger partial charge in [0.15, 0.2) is 0 Å². The predicted molar refractivity (Wildman–Crippen MR) is 94.6 cm³/mol. The van der Waals surface area contributed by atoms with Crippen LogP contribution in [0, 0.1) is 13.8 Å². The molecule has 0 saturated carbocycles. The summed E-state index contributed by atoms with van der Waals surface area (Å²) in [5.41, 5.74) is 3.32. The summed E-state index contributed by atoms with van der Waals surface area (Å²) in [5, 5.41) is 6.09. The lowest BCUT2D eigenvalue weighted by atomic mass is 9.92. The minimum Gasteiger partial charge on any atom is -0.352 e. The van der Waals surface area contributed by atoms with E-state index in [1.54, 1.807) is 6.08 Å². The third-order valence-electron chi connectivity index (χ3n) is 4.62. The van der Waals surface area contributed by atoms with Crippen molar-refractivity contribution in [2.45, 2.75) is 38.8 Å². The molecular weight excluding hydrogens is 304 g/mol. The number of nitrogens with one attached hydrogen (secondary N) is 2. The van der Waals surface area contributed by atoms with Crippen LogP contribution in [-0.2, 0) is 16.6 Å². The lowest BCUT2D eigenvalue weighted by molar-refractivity contribution is -0.125. The molecule has 2 rings (SSSR count). The molecule has 2 atom stereocenters. The second-order valence-corrected chi connectivity index (χ2v) is 6.75. The average Bonchev–Trinajstić information content (AvgIpc) is 2.76. The van der Waals surface area contributed by atoms with Crippen LogP contribution >= 0.6 is 0 Å². The first-order valence-electron chi connectivity index (χ1n) is 8.33. The zero-order valence-electron chi connectivity index (χ0n) is 15.2. The fraction of sp³-hybridized carbons (Fsp3) is 0.556. The van der Waals surface area contributed by atoms with Crippen LogP contribution in [0.25, 0.3) is 0 Å². The minimum absolute atomic E-state index is 0.0366. The van der Waals surface area contributed by atoms with E-state index < -0.39 is 0 Å². The highest BCUT2D eigenvalue weighted by atomic mass is 16.2. The number of nitrogens with zero attached hydrogens (tertiary/aromatic N) is 2. The predicted octanol–water partition coefficient (Wildman–Crippen LogP) is 1.20. The molecule has 0 aromatic carbocycles. The SMILES string of the molecule is Cc1cc([C@@H]2NC(=O)CC[C@H]2NC(=O)/C=C/CN(C)C)c(C)n1C. The molecule has 2 heterocycles. The first-order valence-corrected chi connectivity index (χ1v) is 8.33. The number of hydrogen-bond acceptors (Lipinski definition) is 3. The number of likely N-dealkylation sites (N-methyl/N-ethyl adjacent to an activating group) is 1. The van der Waals surface area contributed by atoms with Crippen molar-refractivity contribution in [3.8, 4) is 0 Å². The third kappa shape index (κ3) is 4.26. The van der Waals surface area contributed by atoms with Crippen LogP contribution in [-0.4, -0.2) is 48.0 Å². The molecule has 0 spiro atoms. The van der Waals surface area contributed by atoms with Gasteiger partial charge in [-0.3, -0.25) is 9.59 Å². The lowest BCUT2D eigenvalue weighted by Gasteiger charge is -2.33. The smallest absolute Gasteiger partial charge is 0.244 e. The van der Waals surface area contributed by atoms with Gasteiger partial charge in [0, 0.05) is 37.5 Å². The van der Waals surface area contributed by atoms with Crippen molar-refractivity contribution >= 4 is 11.8 Å². The summed E-state index contributed by atoms with van der Waals surface area (Å²) in [6.45, 7) is 4.80. The van der Waals surface area contributed by atoms with Crippen LogP contribution in [0.2, 0.25) is 0 Å². The van der Waals surface area contributed by atoms with Gasteiger partial charge in [0.1, 0.15) is 0 Å². The molecule has 24 heavy (non-hydrogen) atoms. The minimum atomic E-state index is -0.183. The van der Waals surface area contributed by atoms with Crippen LogP contribution in [0.15, 0.2) is 18.2 Å². The Morgan fingerprint density at radius 2 is 2.17 bits per heavy atom. The average molecular weight is 332 g/mol. The molecule has 2 N–H and O–H groups in total. The molecule has 132 valence electrons. The summed E-state index contributed by atoms with van der Waals surface area (Å²) < 4.78 is 2.10. The summed E-state index contributed by atoms with van der Waals surface area (Å²) in [5.74, 6) is -0.0807. The Balaban J connectivity index is 2.14. The lowest BCUT2D eigenvalue weighted by Crippen LogP contribution is -2.50. The monoisotopic (exact) mass is 332 g/mol. The first-order chi connectivity index (χ1) is 11.3. The number of hydrogen-bond donors (Lipinski definition) is 2. The van der Waals surface area contributed by atoms with Gasteiger partial charge >= 0.3 is 0 Å². The van der Waals surface area contributed by atoms with Crippen molar-refractivity contribution in [2.75, 3.05) is 20.6 Å². The van der Waals surface area contributed by atoms with Crippen LogP contribution in [0.1, 0.15) is 35.8 Å². The molecule has 0 aliphatic carbocycles. The van der Waals surface area contributed by atoms with Gasteiger partial charge in [0.25, 0.3) is 0 Å². The van der Waals surface area contributed by atoms with Crippen molar-refractivity contribution in [2.24, 2.45) is 7.05 Å². The van der Waals surface area contributed by atoms with Crippen molar-refractivity contribution < 1.29 is 9.59 Å². The largest absolute Gasteiger partial charge is 0.352 e. The number of aryl methyl sites for hydroxylation is 1. The van der Waals surface area contributed by atoms with E-state index in [9.17, 15) is 9.59 Å². The fourth-order valence-electron chi connectivity index (χ4n) is 3.05. The van der Waals surface area contributed by atoms with Gasteiger partial charge in [0.2, 0.25) is 11.8 Å². The number of carbonyl (C=O) groups is 2. The van der Waals surface area contributed by atoms with Gasteiger partial charge in [0.05, 0.1) is 12.1 Å². The number of amides is 2. The Morgan fingerprint density at radius 3 is 2.75 bits per heavy atom. The molecule has 1 fully saturated rings. The fourth-order valence-corrected chi connectivity index (χ4v) is 3.05. The van der Waals surface area contributed by atoms with Gasteiger partial charge < -0.3 is 20.1 Å². The van der Waals surface area contributed by atoms with Crippen LogP contribution < -0.4 is 10.6 Å². The van der Waals surface area contributed by atoms with Gasteiger partial charge in [-0.05, 0) is 46.0 Å². The number of rotatable bonds is 5. The van der Waals surface area contributed by atoms with Crippen molar-refractivity contribution in [1.82, 2.24) is 20.1 Å². The van der Waals surface area contributed by atoms with Gasteiger partial charge in [-0.2, -0.15) is 0 Å². The Labute approximate surface area is 143 Å². The maximum absolute atomic E-state index is 12.2. The summed E-state index contributed by atoms with van der Waals surface area (Å²) in [6.07, 6.45) is 4.49. The van der Waals surface area contributed by atoms with Crippen LogP contribution in [0.4, 0.5) is 0 Å². The number of piperidine rings is 1. The molecule has 1 aliphatic heterocycles. The third-order valence-corrected chi connectivity index (χ3v) is 4.62. The van der Waals surface area contributed by atoms with E-state index in [4.69, 9.17) is 0 Å². The molecule has 0 unspecified atom stereocenters. The second-order valence-electron chi connectivity index (χ2n) is 6.75. The molecule has 2 amide bonds. The van der Waals surface area contributed by atoms with E-state index in [1.165, 1.54) is 0 Å². The molecule has 1 aromatic rings. The standard InChI is InChI=1S/C18H28N4O2/c1-12-11-14(13(2)22(12)5)18-15(8-9-17(24)20-18)19-16(23)7-6-10-21(3)4/h6-7,11,15,18H,8-10H2,1-5H3,(H,19,23)(H,20,24)/b7-6+/t15-,18+/m1/s1. The Hall–Kier alpha value is -2.08. The molecule has 6 heteroatoms. The molecule has 1 saturated heterocycles. The number of aromatic nitrogens is 1. The Morgan fingerprint density at radius 1 is 1.46 bits per heavy atom. The second kappa shape index (κ2) is 7.66. The van der Waals surface area contributed by atoms with Gasteiger partial charge in [-0.25, -0.2) is 0 Å². The first kappa shape index (κ1) is 18.3. The van der Waals surface area contributed by atoms with Crippen LogP contribution in [0.5, 0.6) is 0 Å². The Kier molecular flexibility index (Phi) is 5.83. The van der Waals surface area contributed by atoms with Crippen LogP contribution in [0.3, 0.4) is 0 Å². The number of carbonyl (C=O) groups excluding carboxylic acids is 2. The summed E-state index contributed by atoms with van der Waals surface area (Å²) in [7, 11) is 5.92. The maximum atomic E-state index is 12.2. The molecule has 6 nitrogen and oxygen atoms in total. The summed E-state index contributed by atoms with van der Waals surface area (Å²) in [4.78, 5) is 26.0. The van der Waals surface area contributed by atoms with E-state index in [-0.39, 0.29) is 23.9 Å². The summed E-state index contributed by atoms with van der Waals surface area (Å²) >= 11 is 0. The van der Waals surface area contributed by atoms with Gasteiger partial charge in [-0.1, -0.05) is 6.08 Å². The van der Waals surface area contributed by atoms with E-state index in [0.29, 0.717) is 12.8 Å². The summed E-state index contributed by atoms with van der Waals surface area (Å²) in [6, 6.07) is 1.81. The maximum Gasteiger partial charge on any atom is 0.244 e. The van der Waals surface area contributed by atoms with E-state index in [2.05, 4.69) is 21.3 Å². The van der Waals surface area contributed by atoms with E-state index in [0.717, 1.165) is 23.5 Å². The highest BCUT2D eigenvalue weighted by Crippen LogP contribution is 2.28. The van der Waals surface area contributed by atoms with E-state index >= 15 is 0 Å². The van der Waals surface area contributed by atoms with Gasteiger partial charge in [-0.15, -0.1) is 0 Å². The zero-order chi connectivity index (χ0) is 17.9. The molecular formula is C18H28N4O2. The Bertz CT molecular complexity index is 646. The molecule has 0 radical (unpaired) electrons. The molecule has 0 bridgehead atoms. The molecule has 1 aliphatic rings. The normalized spacial score (nSPS) is 21.3. The van der Waals surface area contributed by atoms with Crippen molar-refractivity contribution in [1.29, 1.82) is 0 Å². The van der Waals surface area contributed by atoms with E-state index in [1.807, 2.05) is 46.0 Å². The molecule has 1 aromatic heterocycles. The highest BCUT2D eigenvalue weighted by molar-refractivity contribution is 5.88. The highest BCUT2D eigenvalue weighted by Gasteiger charge is 2.32.